The Morgan fingerprint density at radius 3 is 2.73 bits per heavy atom. The minimum atomic E-state index is -0.215. The Balaban J connectivity index is 1.56. The molecule has 0 bridgehead atoms. The highest BCUT2D eigenvalue weighted by atomic mass is 32.2. The summed E-state index contributed by atoms with van der Waals surface area (Å²) in [6.07, 6.45) is 6.72. The molecule has 0 N–H and O–H groups in total. The van der Waals surface area contributed by atoms with Crippen molar-refractivity contribution in [3.63, 3.8) is 0 Å². The van der Waals surface area contributed by atoms with Gasteiger partial charge in [0.25, 0.3) is 5.91 Å². The number of nitrogens with zero attached hydrogens (tertiary/aromatic N) is 5. The van der Waals surface area contributed by atoms with Crippen molar-refractivity contribution in [1.29, 1.82) is 0 Å². The monoisotopic (exact) mass is 367 g/mol. The molecule has 0 aliphatic carbocycles. The molecule has 0 saturated carbocycles. The first-order chi connectivity index (χ1) is 12.8. The molecule has 1 atom stereocenters. The van der Waals surface area contributed by atoms with Crippen LogP contribution in [0.3, 0.4) is 0 Å². The second kappa shape index (κ2) is 7.25. The summed E-state index contributed by atoms with van der Waals surface area (Å²) in [7, 11) is 0. The SMILES string of the molecule is CSc1ncc(C(=O)N2CCCC2c2nc(-c3ccccc3)no2)cn1. The van der Waals surface area contributed by atoms with Crippen molar-refractivity contribution in [3.05, 3.63) is 54.2 Å². The van der Waals surface area contributed by atoms with E-state index in [0.717, 1.165) is 18.4 Å². The van der Waals surface area contributed by atoms with E-state index in [1.54, 1.807) is 17.3 Å². The average molecular weight is 367 g/mol. The quantitative estimate of drug-likeness (QED) is 0.517. The summed E-state index contributed by atoms with van der Waals surface area (Å²) < 4.78 is 5.47. The number of amides is 1. The number of hydrogen-bond donors (Lipinski definition) is 0. The van der Waals surface area contributed by atoms with E-state index < -0.39 is 0 Å². The van der Waals surface area contributed by atoms with Gasteiger partial charge in [0.1, 0.15) is 6.04 Å². The summed E-state index contributed by atoms with van der Waals surface area (Å²) >= 11 is 1.44. The van der Waals surface area contributed by atoms with E-state index in [1.165, 1.54) is 11.8 Å². The van der Waals surface area contributed by atoms with Crippen molar-refractivity contribution in [2.75, 3.05) is 12.8 Å². The second-order valence-electron chi connectivity index (χ2n) is 5.94. The molecule has 0 radical (unpaired) electrons. The van der Waals surface area contributed by atoms with Crippen molar-refractivity contribution in [3.8, 4) is 11.4 Å². The molecular formula is C18H17N5O2S. The van der Waals surface area contributed by atoms with Crippen LogP contribution in [0.2, 0.25) is 0 Å². The zero-order valence-corrected chi connectivity index (χ0v) is 15.0. The molecule has 1 saturated heterocycles. The van der Waals surface area contributed by atoms with E-state index in [-0.39, 0.29) is 11.9 Å². The Labute approximate surface area is 154 Å². The van der Waals surface area contributed by atoms with Crippen molar-refractivity contribution in [2.45, 2.75) is 24.0 Å². The van der Waals surface area contributed by atoms with E-state index in [4.69, 9.17) is 4.52 Å². The van der Waals surface area contributed by atoms with E-state index in [0.29, 0.717) is 29.0 Å². The number of hydrogen-bond acceptors (Lipinski definition) is 7. The van der Waals surface area contributed by atoms with Gasteiger partial charge in [-0.05, 0) is 19.1 Å². The lowest BCUT2D eigenvalue weighted by atomic mass is 10.2. The first-order valence-electron chi connectivity index (χ1n) is 8.32. The highest BCUT2D eigenvalue weighted by Crippen LogP contribution is 2.33. The van der Waals surface area contributed by atoms with Gasteiger partial charge in [0.15, 0.2) is 5.16 Å². The maximum absolute atomic E-state index is 12.9. The number of likely N-dealkylation sites (tertiary alicyclic amines) is 1. The van der Waals surface area contributed by atoms with Gasteiger partial charge in [0.2, 0.25) is 11.7 Å². The van der Waals surface area contributed by atoms with E-state index >= 15 is 0 Å². The van der Waals surface area contributed by atoms with Gasteiger partial charge in [0, 0.05) is 24.5 Å². The van der Waals surface area contributed by atoms with Crippen LogP contribution in [0, 0.1) is 0 Å². The van der Waals surface area contributed by atoms with Crippen LogP contribution in [0.5, 0.6) is 0 Å². The van der Waals surface area contributed by atoms with Gasteiger partial charge in [-0.2, -0.15) is 4.98 Å². The molecule has 4 rings (SSSR count). The number of rotatable bonds is 4. The van der Waals surface area contributed by atoms with Gasteiger partial charge in [-0.3, -0.25) is 4.79 Å². The van der Waals surface area contributed by atoms with E-state index in [1.807, 2.05) is 36.6 Å². The first kappa shape index (κ1) is 16.7. The third-order valence-electron chi connectivity index (χ3n) is 4.33. The van der Waals surface area contributed by atoms with Crippen molar-refractivity contribution >= 4 is 17.7 Å². The Bertz CT molecular complexity index is 897. The van der Waals surface area contributed by atoms with Crippen LogP contribution < -0.4 is 0 Å². The number of aromatic nitrogens is 4. The first-order valence-corrected chi connectivity index (χ1v) is 9.55. The molecule has 3 aromatic rings. The molecule has 1 aliphatic rings. The molecule has 3 heterocycles. The smallest absolute Gasteiger partial charge is 0.257 e. The van der Waals surface area contributed by atoms with E-state index in [2.05, 4.69) is 20.1 Å². The van der Waals surface area contributed by atoms with Gasteiger partial charge in [-0.1, -0.05) is 47.3 Å². The molecule has 1 unspecified atom stereocenters. The van der Waals surface area contributed by atoms with E-state index in [9.17, 15) is 4.79 Å². The van der Waals surface area contributed by atoms with Gasteiger partial charge in [0.05, 0.1) is 5.56 Å². The van der Waals surface area contributed by atoms with Gasteiger partial charge >= 0.3 is 0 Å². The van der Waals surface area contributed by atoms with Gasteiger partial charge in [-0.15, -0.1) is 0 Å². The van der Waals surface area contributed by atoms with Crippen LogP contribution in [0.4, 0.5) is 0 Å². The maximum Gasteiger partial charge on any atom is 0.257 e. The lowest BCUT2D eigenvalue weighted by Crippen LogP contribution is -2.31. The van der Waals surface area contributed by atoms with Crippen LogP contribution in [0.15, 0.2) is 52.4 Å². The molecule has 0 spiro atoms. The van der Waals surface area contributed by atoms with Crippen LogP contribution in [0.1, 0.15) is 35.1 Å². The summed E-state index contributed by atoms with van der Waals surface area (Å²) in [6, 6.07) is 9.43. The predicted molar refractivity (Wildman–Crippen MR) is 96.6 cm³/mol. The Kier molecular flexibility index (Phi) is 4.66. The summed E-state index contributed by atoms with van der Waals surface area (Å²) in [5.74, 6) is 0.892. The molecule has 1 amide bonds. The second-order valence-corrected chi connectivity index (χ2v) is 6.71. The lowest BCUT2D eigenvalue weighted by molar-refractivity contribution is 0.0709. The molecule has 7 nitrogen and oxygen atoms in total. The molecule has 26 heavy (non-hydrogen) atoms. The van der Waals surface area contributed by atoms with Crippen molar-refractivity contribution in [1.82, 2.24) is 25.0 Å². The largest absolute Gasteiger partial charge is 0.337 e. The minimum Gasteiger partial charge on any atom is -0.337 e. The zero-order chi connectivity index (χ0) is 17.9. The van der Waals surface area contributed by atoms with Crippen molar-refractivity contribution < 1.29 is 9.32 Å². The van der Waals surface area contributed by atoms with Gasteiger partial charge < -0.3 is 9.42 Å². The minimum absolute atomic E-state index is 0.111. The summed E-state index contributed by atoms with van der Waals surface area (Å²) in [6.45, 7) is 0.650. The van der Waals surface area contributed by atoms with Crippen LogP contribution in [-0.4, -0.2) is 43.7 Å². The van der Waals surface area contributed by atoms with Crippen LogP contribution >= 0.6 is 11.8 Å². The third kappa shape index (κ3) is 3.20. The Morgan fingerprint density at radius 2 is 2.00 bits per heavy atom. The predicted octanol–water partition coefficient (Wildman–Crippen LogP) is 3.23. The molecule has 1 aliphatic heterocycles. The van der Waals surface area contributed by atoms with Crippen LogP contribution in [0.25, 0.3) is 11.4 Å². The van der Waals surface area contributed by atoms with Crippen LogP contribution in [-0.2, 0) is 0 Å². The summed E-state index contributed by atoms with van der Waals surface area (Å²) in [4.78, 5) is 27.5. The molecule has 2 aromatic heterocycles. The maximum atomic E-state index is 12.9. The Morgan fingerprint density at radius 1 is 1.23 bits per heavy atom. The third-order valence-corrected chi connectivity index (χ3v) is 4.91. The fraction of sp³-hybridized carbons (Fsp3) is 0.278. The molecule has 1 fully saturated rings. The number of carbonyl (C=O) groups excluding carboxylic acids is 1. The Hall–Kier alpha value is -2.74. The highest BCUT2D eigenvalue weighted by Gasteiger charge is 2.34. The molecule has 132 valence electrons. The lowest BCUT2D eigenvalue weighted by Gasteiger charge is -2.21. The molecular weight excluding hydrogens is 350 g/mol. The van der Waals surface area contributed by atoms with Crippen molar-refractivity contribution in [2.24, 2.45) is 0 Å². The van der Waals surface area contributed by atoms with Gasteiger partial charge in [-0.25, -0.2) is 9.97 Å². The zero-order valence-electron chi connectivity index (χ0n) is 14.2. The fourth-order valence-electron chi connectivity index (χ4n) is 3.04. The summed E-state index contributed by atoms with van der Waals surface area (Å²) in [5, 5.41) is 4.71. The number of carbonyl (C=O) groups is 1. The number of benzene rings is 1. The average Bonchev–Trinajstić information content (AvgIpc) is 3.37. The highest BCUT2D eigenvalue weighted by molar-refractivity contribution is 7.98. The number of thioether (sulfide) groups is 1. The topological polar surface area (TPSA) is 85.0 Å². The standard InChI is InChI=1S/C18H17N5O2S/c1-26-18-19-10-13(11-20-18)17(24)23-9-5-8-14(23)16-21-15(22-25-16)12-6-3-2-4-7-12/h2-4,6-7,10-11,14H,5,8-9H2,1H3. The summed E-state index contributed by atoms with van der Waals surface area (Å²) in [5.41, 5.74) is 1.36. The normalized spacial score (nSPS) is 16.8. The fourth-order valence-corrected chi connectivity index (χ4v) is 3.36. The molecule has 1 aromatic carbocycles. The molecule has 8 heteroatoms.